The lowest BCUT2D eigenvalue weighted by atomic mass is 10.2. The molecule has 0 fully saturated rings. The van der Waals surface area contributed by atoms with E-state index in [4.69, 9.17) is 9.88 Å². The number of amides is 1. The number of hydrogen-bond acceptors (Lipinski definition) is 4. The zero-order valence-corrected chi connectivity index (χ0v) is 13.5. The normalized spacial score (nSPS) is 11.0. The third-order valence-corrected chi connectivity index (χ3v) is 4.04. The van der Waals surface area contributed by atoms with Crippen molar-refractivity contribution in [1.82, 2.24) is 0 Å². The smallest absolute Gasteiger partial charge is 0.238 e. The fourth-order valence-electron chi connectivity index (χ4n) is 1.95. The number of benzene rings is 2. The topological polar surface area (TPSA) is 98.5 Å². The number of hydrogen-bond donors (Lipinski definition) is 2. The Labute approximate surface area is 135 Å². The van der Waals surface area contributed by atoms with Crippen LogP contribution in [0.5, 0.6) is 5.75 Å². The number of ether oxygens (including phenoxy) is 1. The van der Waals surface area contributed by atoms with Gasteiger partial charge in [0.1, 0.15) is 5.75 Å². The second kappa shape index (κ2) is 7.26. The zero-order chi connectivity index (χ0) is 16.9. The summed E-state index contributed by atoms with van der Waals surface area (Å²) in [5, 5.41) is 7.67. The summed E-state index contributed by atoms with van der Waals surface area (Å²) >= 11 is 0. The molecule has 2 rings (SSSR count). The molecule has 7 heteroatoms. The monoisotopic (exact) mass is 334 g/mol. The molecule has 0 aromatic heterocycles. The van der Waals surface area contributed by atoms with Crippen molar-refractivity contribution in [2.75, 3.05) is 11.9 Å². The summed E-state index contributed by atoms with van der Waals surface area (Å²) in [4.78, 5) is 11.8. The predicted octanol–water partition coefficient (Wildman–Crippen LogP) is 2.05. The van der Waals surface area contributed by atoms with E-state index in [0.29, 0.717) is 5.69 Å². The van der Waals surface area contributed by atoms with Gasteiger partial charge in [-0.1, -0.05) is 24.3 Å². The van der Waals surface area contributed by atoms with E-state index < -0.39 is 10.0 Å². The van der Waals surface area contributed by atoms with Gasteiger partial charge in [0.2, 0.25) is 15.9 Å². The molecule has 0 saturated heterocycles. The number of rotatable bonds is 6. The lowest BCUT2D eigenvalue weighted by Crippen LogP contribution is -2.16. The number of primary sulfonamides is 1. The van der Waals surface area contributed by atoms with Gasteiger partial charge in [-0.2, -0.15) is 0 Å². The first-order valence-electron chi connectivity index (χ1n) is 6.97. The van der Waals surface area contributed by atoms with Crippen LogP contribution in [-0.2, 0) is 14.8 Å². The first kappa shape index (κ1) is 17.0. The van der Waals surface area contributed by atoms with Gasteiger partial charge >= 0.3 is 0 Å². The van der Waals surface area contributed by atoms with Crippen molar-refractivity contribution in [3.63, 3.8) is 0 Å². The van der Waals surface area contributed by atoms with Crippen molar-refractivity contribution < 1.29 is 17.9 Å². The van der Waals surface area contributed by atoms with Gasteiger partial charge in [-0.05, 0) is 36.8 Å². The lowest BCUT2D eigenvalue weighted by Gasteiger charge is -2.09. The highest BCUT2D eigenvalue weighted by atomic mass is 32.2. The molecule has 0 aliphatic rings. The average Bonchev–Trinajstić information content (AvgIpc) is 2.48. The summed E-state index contributed by atoms with van der Waals surface area (Å²) in [6.07, 6.45) is 0.147. The summed E-state index contributed by atoms with van der Waals surface area (Å²) < 4.78 is 28.1. The highest BCUT2D eigenvalue weighted by molar-refractivity contribution is 7.89. The van der Waals surface area contributed by atoms with Gasteiger partial charge in [-0.25, -0.2) is 13.6 Å². The fourth-order valence-corrected chi connectivity index (χ4v) is 2.51. The number of nitrogens with two attached hydrogens (primary N) is 1. The van der Waals surface area contributed by atoms with E-state index >= 15 is 0 Å². The third kappa shape index (κ3) is 5.08. The van der Waals surface area contributed by atoms with Crippen LogP contribution in [0.1, 0.15) is 12.0 Å². The lowest BCUT2D eigenvalue weighted by molar-refractivity contribution is -0.116. The van der Waals surface area contributed by atoms with Crippen LogP contribution >= 0.6 is 0 Å². The molecule has 0 bridgehead atoms. The quantitative estimate of drug-likeness (QED) is 0.844. The summed E-state index contributed by atoms with van der Waals surface area (Å²) in [6, 6.07) is 13.3. The molecule has 0 aliphatic carbocycles. The minimum atomic E-state index is -3.79. The first-order valence-corrected chi connectivity index (χ1v) is 8.52. The Morgan fingerprint density at radius 1 is 1.17 bits per heavy atom. The largest absolute Gasteiger partial charge is 0.493 e. The SMILES string of the molecule is Cc1ccccc1OCCC(=O)Nc1cccc(S(N)(=O)=O)c1. The fraction of sp³-hybridized carbons (Fsp3) is 0.188. The van der Waals surface area contributed by atoms with E-state index in [9.17, 15) is 13.2 Å². The van der Waals surface area contributed by atoms with Crippen molar-refractivity contribution in [2.24, 2.45) is 5.14 Å². The van der Waals surface area contributed by atoms with Gasteiger partial charge in [0.25, 0.3) is 0 Å². The van der Waals surface area contributed by atoms with Crippen molar-refractivity contribution in [3.8, 4) is 5.75 Å². The molecule has 122 valence electrons. The molecular formula is C16H18N2O4S. The van der Waals surface area contributed by atoms with E-state index in [1.165, 1.54) is 18.2 Å². The maximum atomic E-state index is 11.9. The standard InChI is InChI=1S/C16H18N2O4S/c1-12-5-2-3-8-15(12)22-10-9-16(19)18-13-6-4-7-14(11-13)23(17,20)21/h2-8,11H,9-10H2,1H3,(H,18,19)(H2,17,20,21). The second-order valence-corrected chi connectivity index (χ2v) is 6.55. The van der Waals surface area contributed by atoms with Gasteiger partial charge in [-0.3, -0.25) is 4.79 Å². The van der Waals surface area contributed by atoms with Gasteiger partial charge in [0, 0.05) is 5.69 Å². The van der Waals surface area contributed by atoms with Gasteiger partial charge < -0.3 is 10.1 Å². The van der Waals surface area contributed by atoms with E-state index in [2.05, 4.69) is 5.32 Å². The Morgan fingerprint density at radius 2 is 1.91 bits per heavy atom. The number of carbonyl (C=O) groups excluding carboxylic acids is 1. The number of anilines is 1. The van der Waals surface area contributed by atoms with Crippen LogP contribution in [0.25, 0.3) is 0 Å². The van der Waals surface area contributed by atoms with E-state index in [-0.39, 0.29) is 23.8 Å². The van der Waals surface area contributed by atoms with Crippen LogP contribution in [0.2, 0.25) is 0 Å². The molecule has 0 spiro atoms. The van der Waals surface area contributed by atoms with Crippen LogP contribution in [-0.4, -0.2) is 20.9 Å². The maximum Gasteiger partial charge on any atom is 0.238 e. The Morgan fingerprint density at radius 3 is 2.61 bits per heavy atom. The number of para-hydroxylation sites is 1. The third-order valence-electron chi connectivity index (χ3n) is 3.13. The van der Waals surface area contributed by atoms with Crippen LogP contribution in [0.3, 0.4) is 0 Å². The number of carbonyl (C=O) groups is 1. The van der Waals surface area contributed by atoms with Gasteiger partial charge in [-0.15, -0.1) is 0 Å². The molecule has 23 heavy (non-hydrogen) atoms. The Bertz CT molecular complexity index is 803. The van der Waals surface area contributed by atoms with E-state index in [1.54, 1.807) is 6.07 Å². The summed E-state index contributed by atoms with van der Waals surface area (Å²) in [7, 11) is -3.79. The molecule has 6 nitrogen and oxygen atoms in total. The highest BCUT2D eigenvalue weighted by Gasteiger charge is 2.09. The van der Waals surface area contributed by atoms with Crippen molar-refractivity contribution in [1.29, 1.82) is 0 Å². The second-order valence-electron chi connectivity index (χ2n) is 4.98. The molecule has 2 aromatic carbocycles. The molecule has 2 aromatic rings. The molecule has 0 saturated carbocycles. The van der Waals surface area contributed by atoms with Crippen LogP contribution < -0.4 is 15.2 Å². The van der Waals surface area contributed by atoms with Crippen molar-refractivity contribution in [3.05, 3.63) is 54.1 Å². The molecule has 0 unspecified atom stereocenters. The molecule has 3 N–H and O–H groups in total. The summed E-state index contributed by atoms with van der Waals surface area (Å²) in [6.45, 7) is 2.15. The summed E-state index contributed by atoms with van der Waals surface area (Å²) in [5.41, 5.74) is 1.37. The number of sulfonamides is 1. The minimum absolute atomic E-state index is 0.0496. The Hall–Kier alpha value is -2.38. The molecule has 1 amide bonds. The van der Waals surface area contributed by atoms with Gasteiger partial charge in [0.15, 0.2) is 0 Å². The molecule has 0 heterocycles. The Balaban J connectivity index is 1.89. The zero-order valence-electron chi connectivity index (χ0n) is 12.7. The Kier molecular flexibility index (Phi) is 5.36. The number of aryl methyl sites for hydroxylation is 1. The van der Waals surface area contributed by atoms with E-state index in [0.717, 1.165) is 11.3 Å². The molecular weight excluding hydrogens is 316 g/mol. The first-order chi connectivity index (χ1) is 10.9. The molecule has 0 radical (unpaired) electrons. The van der Waals surface area contributed by atoms with Crippen molar-refractivity contribution in [2.45, 2.75) is 18.2 Å². The van der Waals surface area contributed by atoms with Crippen molar-refractivity contribution >= 4 is 21.6 Å². The summed E-state index contributed by atoms with van der Waals surface area (Å²) in [5.74, 6) is 0.460. The maximum absolute atomic E-state index is 11.9. The highest BCUT2D eigenvalue weighted by Crippen LogP contribution is 2.17. The molecule has 0 atom stereocenters. The van der Waals surface area contributed by atoms with Crippen LogP contribution in [0.4, 0.5) is 5.69 Å². The minimum Gasteiger partial charge on any atom is -0.493 e. The predicted molar refractivity (Wildman–Crippen MR) is 87.7 cm³/mol. The average molecular weight is 334 g/mol. The van der Waals surface area contributed by atoms with Crippen LogP contribution in [0, 0.1) is 6.92 Å². The van der Waals surface area contributed by atoms with Crippen LogP contribution in [0.15, 0.2) is 53.4 Å². The number of nitrogens with one attached hydrogen (secondary N) is 1. The molecule has 0 aliphatic heterocycles. The van der Waals surface area contributed by atoms with E-state index in [1.807, 2.05) is 31.2 Å². The van der Waals surface area contributed by atoms with Gasteiger partial charge in [0.05, 0.1) is 17.9 Å².